The summed E-state index contributed by atoms with van der Waals surface area (Å²) in [6.45, 7) is -0.920. The highest BCUT2D eigenvalue weighted by molar-refractivity contribution is 5.60. The van der Waals surface area contributed by atoms with Crippen LogP contribution in [0.2, 0.25) is 0 Å². The number of halogens is 2. The minimum absolute atomic E-state index is 0.0656. The molecular formula is C15H17F2NO3. The van der Waals surface area contributed by atoms with Crippen LogP contribution in [0.5, 0.6) is 11.5 Å². The molecule has 0 saturated heterocycles. The zero-order valence-electron chi connectivity index (χ0n) is 11.8. The average molecular weight is 297 g/mol. The van der Waals surface area contributed by atoms with Crippen LogP contribution < -0.4 is 14.8 Å². The van der Waals surface area contributed by atoms with Gasteiger partial charge in [-0.25, -0.2) is 0 Å². The van der Waals surface area contributed by atoms with E-state index in [9.17, 15) is 8.78 Å². The number of nitrogens with one attached hydrogen (secondary N) is 1. The van der Waals surface area contributed by atoms with Gasteiger partial charge in [0.1, 0.15) is 17.3 Å². The Hall–Kier alpha value is -2.24. The number of hydrogen-bond acceptors (Lipinski definition) is 4. The molecule has 1 unspecified atom stereocenters. The van der Waals surface area contributed by atoms with Crippen LogP contribution in [0.3, 0.4) is 0 Å². The van der Waals surface area contributed by atoms with Crippen molar-refractivity contribution in [3.63, 3.8) is 0 Å². The van der Waals surface area contributed by atoms with E-state index < -0.39 is 6.61 Å². The van der Waals surface area contributed by atoms with Crippen molar-refractivity contribution in [2.24, 2.45) is 0 Å². The van der Waals surface area contributed by atoms with Gasteiger partial charge in [0.15, 0.2) is 0 Å². The van der Waals surface area contributed by atoms with E-state index in [-0.39, 0.29) is 11.8 Å². The Bertz CT molecular complexity index is 558. The molecule has 1 N–H and O–H groups in total. The molecule has 4 nitrogen and oxygen atoms in total. The lowest BCUT2D eigenvalue weighted by atomic mass is 10.1. The maximum atomic E-state index is 12.5. The van der Waals surface area contributed by atoms with Crippen LogP contribution in [0.4, 0.5) is 14.5 Å². The zero-order chi connectivity index (χ0) is 15.2. The zero-order valence-corrected chi connectivity index (χ0v) is 11.8. The average Bonchev–Trinajstić information content (AvgIpc) is 2.99. The molecule has 0 fully saturated rings. The van der Waals surface area contributed by atoms with Crippen molar-refractivity contribution in [1.29, 1.82) is 0 Å². The second-order valence-electron chi connectivity index (χ2n) is 4.36. The quantitative estimate of drug-likeness (QED) is 0.819. The van der Waals surface area contributed by atoms with Gasteiger partial charge in [-0.1, -0.05) is 6.92 Å². The summed E-state index contributed by atoms with van der Waals surface area (Å²) in [5.74, 6) is 1.34. The van der Waals surface area contributed by atoms with Crippen molar-refractivity contribution in [2.45, 2.75) is 26.0 Å². The molecule has 1 atom stereocenters. The first-order valence-electron chi connectivity index (χ1n) is 6.56. The number of methoxy groups -OCH3 is 1. The van der Waals surface area contributed by atoms with Gasteiger partial charge < -0.3 is 19.2 Å². The molecule has 0 aliphatic heterocycles. The van der Waals surface area contributed by atoms with Crippen molar-refractivity contribution in [1.82, 2.24) is 0 Å². The Kier molecular flexibility index (Phi) is 5.03. The van der Waals surface area contributed by atoms with E-state index in [1.54, 1.807) is 24.5 Å². The summed E-state index contributed by atoms with van der Waals surface area (Å²) < 4.78 is 39.9. The van der Waals surface area contributed by atoms with Gasteiger partial charge in [0.05, 0.1) is 25.1 Å². The molecule has 0 bridgehead atoms. The highest BCUT2D eigenvalue weighted by Crippen LogP contribution is 2.34. The van der Waals surface area contributed by atoms with Crippen molar-refractivity contribution >= 4 is 5.69 Å². The van der Waals surface area contributed by atoms with Crippen molar-refractivity contribution < 1.29 is 22.7 Å². The van der Waals surface area contributed by atoms with Crippen LogP contribution in [0.15, 0.2) is 41.0 Å². The molecule has 1 aromatic heterocycles. The molecule has 0 aliphatic rings. The topological polar surface area (TPSA) is 43.6 Å². The lowest BCUT2D eigenvalue weighted by Gasteiger charge is -2.19. The van der Waals surface area contributed by atoms with Gasteiger partial charge in [0, 0.05) is 6.07 Å². The summed E-state index contributed by atoms with van der Waals surface area (Å²) in [4.78, 5) is 0. The van der Waals surface area contributed by atoms with E-state index in [4.69, 9.17) is 9.15 Å². The second-order valence-corrected chi connectivity index (χ2v) is 4.36. The Labute approximate surface area is 121 Å². The highest BCUT2D eigenvalue weighted by Gasteiger charge is 2.17. The molecule has 0 radical (unpaired) electrons. The molecule has 6 heteroatoms. The number of benzene rings is 1. The number of hydrogen-bond donors (Lipinski definition) is 1. The third-order valence-corrected chi connectivity index (χ3v) is 3.03. The standard InChI is InChI=1S/C15H17F2NO3/c1-3-11(13-5-4-8-20-13)18-12-9-10(19-2)6-7-14(12)21-15(16)17/h4-9,11,15,18H,3H2,1-2H3. The van der Waals surface area contributed by atoms with Crippen LogP contribution >= 0.6 is 0 Å². The number of rotatable bonds is 7. The summed E-state index contributed by atoms with van der Waals surface area (Å²) in [5.41, 5.74) is 0.429. The van der Waals surface area contributed by atoms with Gasteiger partial charge >= 0.3 is 6.61 Å². The molecule has 0 spiro atoms. The summed E-state index contributed by atoms with van der Waals surface area (Å²) in [6.07, 6.45) is 2.29. The molecule has 0 amide bonds. The third kappa shape index (κ3) is 3.87. The number of furan rings is 1. The molecule has 0 aliphatic carbocycles. The molecule has 2 aromatic rings. The molecule has 1 heterocycles. The molecule has 114 valence electrons. The first-order chi connectivity index (χ1) is 10.1. The smallest absolute Gasteiger partial charge is 0.387 e. The van der Waals surface area contributed by atoms with Gasteiger partial charge in [-0.2, -0.15) is 8.78 Å². The van der Waals surface area contributed by atoms with Crippen LogP contribution in [-0.4, -0.2) is 13.7 Å². The second kappa shape index (κ2) is 6.97. The van der Waals surface area contributed by atoms with Crippen molar-refractivity contribution in [2.75, 3.05) is 12.4 Å². The molecule has 21 heavy (non-hydrogen) atoms. The lowest BCUT2D eigenvalue weighted by molar-refractivity contribution is -0.0494. The first-order valence-corrected chi connectivity index (χ1v) is 6.56. The van der Waals surface area contributed by atoms with Gasteiger partial charge in [-0.05, 0) is 30.7 Å². The van der Waals surface area contributed by atoms with E-state index in [1.165, 1.54) is 13.2 Å². The Balaban J connectivity index is 2.27. The lowest BCUT2D eigenvalue weighted by Crippen LogP contribution is -2.11. The van der Waals surface area contributed by atoms with Crippen molar-refractivity contribution in [3.8, 4) is 11.5 Å². The normalized spacial score (nSPS) is 12.2. The van der Waals surface area contributed by atoms with E-state index in [0.717, 1.165) is 12.2 Å². The number of ether oxygens (including phenoxy) is 2. The minimum atomic E-state index is -2.89. The van der Waals surface area contributed by atoms with E-state index in [0.29, 0.717) is 11.4 Å². The Morgan fingerprint density at radius 2 is 2.10 bits per heavy atom. The van der Waals surface area contributed by atoms with Crippen LogP contribution in [0.25, 0.3) is 0 Å². The van der Waals surface area contributed by atoms with Crippen LogP contribution in [0, 0.1) is 0 Å². The van der Waals surface area contributed by atoms with Crippen molar-refractivity contribution in [3.05, 3.63) is 42.4 Å². The Morgan fingerprint density at radius 1 is 1.29 bits per heavy atom. The Morgan fingerprint density at radius 3 is 2.67 bits per heavy atom. The highest BCUT2D eigenvalue weighted by atomic mass is 19.3. The largest absolute Gasteiger partial charge is 0.497 e. The van der Waals surface area contributed by atoms with Gasteiger partial charge in [0.2, 0.25) is 0 Å². The number of anilines is 1. The van der Waals surface area contributed by atoms with Gasteiger partial charge in [-0.15, -0.1) is 0 Å². The fraction of sp³-hybridized carbons (Fsp3) is 0.333. The summed E-state index contributed by atoms with van der Waals surface area (Å²) in [6, 6.07) is 8.09. The van der Waals surface area contributed by atoms with E-state index in [1.807, 2.05) is 13.0 Å². The first kappa shape index (κ1) is 15.2. The van der Waals surface area contributed by atoms with Gasteiger partial charge in [0.25, 0.3) is 0 Å². The monoisotopic (exact) mass is 297 g/mol. The summed E-state index contributed by atoms with van der Waals surface area (Å²) >= 11 is 0. The van der Waals surface area contributed by atoms with Gasteiger partial charge in [-0.3, -0.25) is 0 Å². The maximum absolute atomic E-state index is 12.5. The predicted molar refractivity (Wildman–Crippen MR) is 75.0 cm³/mol. The third-order valence-electron chi connectivity index (χ3n) is 3.03. The fourth-order valence-corrected chi connectivity index (χ4v) is 2.00. The minimum Gasteiger partial charge on any atom is -0.497 e. The van der Waals surface area contributed by atoms with E-state index >= 15 is 0 Å². The summed E-state index contributed by atoms with van der Waals surface area (Å²) in [5, 5.41) is 3.15. The molecular weight excluding hydrogens is 280 g/mol. The maximum Gasteiger partial charge on any atom is 0.387 e. The van der Waals surface area contributed by atoms with E-state index in [2.05, 4.69) is 10.1 Å². The SMILES string of the molecule is CCC(Nc1cc(OC)ccc1OC(F)F)c1ccco1. The predicted octanol–water partition coefficient (Wildman–Crippen LogP) is 4.45. The van der Waals surface area contributed by atoms with Crippen LogP contribution in [-0.2, 0) is 0 Å². The van der Waals surface area contributed by atoms with Crippen LogP contribution in [0.1, 0.15) is 25.1 Å². The molecule has 0 saturated carbocycles. The summed E-state index contributed by atoms with van der Waals surface area (Å²) in [7, 11) is 1.51. The fourth-order valence-electron chi connectivity index (χ4n) is 2.00. The number of alkyl halides is 2. The molecule has 1 aromatic carbocycles. The molecule has 2 rings (SSSR count).